The van der Waals surface area contributed by atoms with Gasteiger partial charge in [0.15, 0.2) is 0 Å². The van der Waals surface area contributed by atoms with E-state index in [9.17, 15) is 4.79 Å². The molecule has 90 valence electrons. The number of rotatable bonds is 6. The van der Waals surface area contributed by atoms with E-state index in [0.717, 1.165) is 19.6 Å². The van der Waals surface area contributed by atoms with Gasteiger partial charge < -0.3 is 9.64 Å². The molecule has 1 rings (SSSR count). The SMILES string of the molecule is CCN(CC)CC(C)OC(=O)c1cccs1. The molecular formula is C12H19NO2S. The summed E-state index contributed by atoms with van der Waals surface area (Å²) in [6.07, 6.45) is -0.0606. The van der Waals surface area contributed by atoms with Crippen LogP contribution < -0.4 is 0 Å². The molecule has 0 bridgehead atoms. The van der Waals surface area contributed by atoms with E-state index < -0.39 is 0 Å². The van der Waals surface area contributed by atoms with Gasteiger partial charge in [-0.2, -0.15) is 0 Å². The first-order chi connectivity index (χ1) is 7.67. The summed E-state index contributed by atoms with van der Waals surface area (Å²) in [7, 11) is 0. The van der Waals surface area contributed by atoms with Crippen molar-refractivity contribution in [2.24, 2.45) is 0 Å². The fraction of sp³-hybridized carbons (Fsp3) is 0.583. The van der Waals surface area contributed by atoms with Crippen LogP contribution in [0.2, 0.25) is 0 Å². The Balaban J connectivity index is 2.39. The summed E-state index contributed by atoms with van der Waals surface area (Å²) in [4.78, 5) is 14.6. The number of hydrogen-bond acceptors (Lipinski definition) is 4. The quantitative estimate of drug-likeness (QED) is 0.717. The molecule has 0 spiro atoms. The van der Waals surface area contributed by atoms with Gasteiger partial charge in [0, 0.05) is 6.54 Å². The minimum absolute atomic E-state index is 0.0606. The average Bonchev–Trinajstić information content (AvgIpc) is 2.79. The number of ether oxygens (including phenoxy) is 1. The highest BCUT2D eigenvalue weighted by molar-refractivity contribution is 7.11. The van der Waals surface area contributed by atoms with Crippen LogP contribution in [0.5, 0.6) is 0 Å². The second-order valence-electron chi connectivity index (χ2n) is 3.68. The molecule has 1 aromatic heterocycles. The van der Waals surface area contributed by atoms with Crippen molar-refractivity contribution in [2.45, 2.75) is 26.9 Å². The van der Waals surface area contributed by atoms with Gasteiger partial charge in [-0.15, -0.1) is 11.3 Å². The maximum atomic E-state index is 11.6. The number of thiophene rings is 1. The number of hydrogen-bond donors (Lipinski definition) is 0. The summed E-state index contributed by atoms with van der Waals surface area (Å²) in [6.45, 7) is 8.91. The first-order valence-corrected chi connectivity index (χ1v) is 6.52. The summed E-state index contributed by atoms with van der Waals surface area (Å²) in [6, 6.07) is 3.65. The van der Waals surface area contributed by atoms with Crippen molar-refractivity contribution >= 4 is 17.3 Å². The normalized spacial score (nSPS) is 12.8. The van der Waals surface area contributed by atoms with Gasteiger partial charge >= 0.3 is 5.97 Å². The Morgan fingerprint density at radius 1 is 1.50 bits per heavy atom. The molecule has 0 amide bonds. The zero-order chi connectivity index (χ0) is 12.0. The largest absolute Gasteiger partial charge is 0.457 e. The summed E-state index contributed by atoms with van der Waals surface area (Å²) in [5, 5.41) is 1.88. The van der Waals surface area contributed by atoms with Gasteiger partial charge in [0.2, 0.25) is 0 Å². The van der Waals surface area contributed by atoms with Crippen molar-refractivity contribution < 1.29 is 9.53 Å². The first kappa shape index (κ1) is 13.2. The maximum Gasteiger partial charge on any atom is 0.348 e. The van der Waals surface area contributed by atoms with E-state index in [0.29, 0.717) is 4.88 Å². The predicted molar refractivity (Wildman–Crippen MR) is 67.0 cm³/mol. The molecule has 0 radical (unpaired) electrons. The molecule has 1 unspecified atom stereocenters. The monoisotopic (exact) mass is 241 g/mol. The molecular weight excluding hydrogens is 222 g/mol. The third-order valence-corrected chi connectivity index (χ3v) is 3.29. The zero-order valence-corrected chi connectivity index (χ0v) is 10.9. The molecule has 0 aliphatic heterocycles. The van der Waals surface area contributed by atoms with E-state index >= 15 is 0 Å². The van der Waals surface area contributed by atoms with Crippen molar-refractivity contribution in [2.75, 3.05) is 19.6 Å². The van der Waals surface area contributed by atoms with Crippen LogP contribution in [0.15, 0.2) is 17.5 Å². The van der Waals surface area contributed by atoms with E-state index in [1.807, 2.05) is 18.4 Å². The molecule has 3 nitrogen and oxygen atoms in total. The third-order valence-electron chi connectivity index (χ3n) is 2.44. The molecule has 0 aliphatic rings. The summed E-state index contributed by atoms with van der Waals surface area (Å²) >= 11 is 1.42. The van der Waals surface area contributed by atoms with E-state index in [1.54, 1.807) is 6.07 Å². The van der Waals surface area contributed by atoms with Gasteiger partial charge in [0.1, 0.15) is 11.0 Å². The van der Waals surface area contributed by atoms with Crippen LogP contribution in [0.25, 0.3) is 0 Å². The standard InChI is InChI=1S/C12H19NO2S/c1-4-13(5-2)9-10(3)15-12(14)11-7-6-8-16-11/h6-8,10H,4-5,9H2,1-3H3. The second-order valence-corrected chi connectivity index (χ2v) is 4.63. The van der Waals surface area contributed by atoms with E-state index in [1.165, 1.54) is 11.3 Å². The van der Waals surface area contributed by atoms with Gasteiger partial charge in [-0.25, -0.2) is 4.79 Å². The van der Waals surface area contributed by atoms with Crippen LogP contribution in [-0.2, 0) is 4.74 Å². The van der Waals surface area contributed by atoms with E-state index in [2.05, 4.69) is 18.7 Å². The van der Waals surface area contributed by atoms with E-state index in [-0.39, 0.29) is 12.1 Å². The molecule has 0 N–H and O–H groups in total. The van der Waals surface area contributed by atoms with Crippen LogP contribution in [0.1, 0.15) is 30.4 Å². The van der Waals surface area contributed by atoms with Crippen LogP contribution in [-0.4, -0.2) is 36.6 Å². The molecule has 0 aromatic carbocycles. The Hall–Kier alpha value is -0.870. The third kappa shape index (κ3) is 3.94. The molecule has 16 heavy (non-hydrogen) atoms. The lowest BCUT2D eigenvalue weighted by atomic mass is 10.3. The fourth-order valence-electron chi connectivity index (χ4n) is 1.52. The highest BCUT2D eigenvalue weighted by Gasteiger charge is 2.14. The van der Waals surface area contributed by atoms with Crippen molar-refractivity contribution in [1.29, 1.82) is 0 Å². The Morgan fingerprint density at radius 2 is 2.19 bits per heavy atom. The molecule has 0 aliphatic carbocycles. The molecule has 0 saturated heterocycles. The van der Waals surface area contributed by atoms with Gasteiger partial charge in [-0.05, 0) is 31.5 Å². The van der Waals surface area contributed by atoms with Gasteiger partial charge in [0.05, 0.1) is 0 Å². The van der Waals surface area contributed by atoms with Crippen LogP contribution in [0.4, 0.5) is 0 Å². The maximum absolute atomic E-state index is 11.6. The Morgan fingerprint density at radius 3 is 2.69 bits per heavy atom. The second kappa shape index (κ2) is 6.66. The molecule has 0 fully saturated rings. The first-order valence-electron chi connectivity index (χ1n) is 5.64. The lowest BCUT2D eigenvalue weighted by Crippen LogP contribution is -2.33. The van der Waals surface area contributed by atoms with Gasteiger partial charge in [-0.3, -0.25) is 0 Å². The van der Waals surface area contributed by atoms with Crippen molar-refractivity contribution in [3.8, 4) is 0 Å². The number of carbonyl (C=O) groups excluding carboxylic acids is 1. The Bertz CT molecular complexity index is 307. The highest BCUT2D eigenvalue weighted by atomic mass is 32.1. The molecule has 1 aromatic rings. The topological polar surface area (TPSA) is 29.5 Å². The minimum atomic E-state index is -0.213. The lowest BCUT2D eigenvalue weighted by molar-refractivity contribution is 0.0266. The van der Waals surface area contributed by atoms with Crippen molar-refractivity contribution in [3.05, 3.63) is 22.4 Å². The molecule has 1 heterocycles. The van der Waals surface area contributed by atoms with Crippen LogP contribution >= 0.6 is 11.3 Å². The Labute approximate surface area is 101 Å². The summed E-state index contributed by atoms with van der Waals surface area (Å²) < 4.78 is 5.36. The number of esters is 1. The fourth-order valence-corrected chi connectivity index (χ4v) is 2.12. The highest BCUT2D eigenvalue weighted by Crippen LogP contribution is 2.11. The zero-order valence-electron chi connectivity index (χ0n) is 10.1. The molecule has 1 atom stereocenters. The Kier molecular flexibility index (Phi) is 5.49. The van der Waals surface area contributed by atoms with E-state index in [4.69, 9.17) is 4.74 Å². The van der Waals surface area contributed by atoms with Gasteiger partial charge in [-0.1, -0.05) is 19.9 Å². The average molecular weight is 241 g/mol. The summed E-state index contributed by atoms with van der Waals surface area (Å²) in [5.41, 5.74) is 0. The lowest BCUT2D eigenvalue weighted by Gasteiger charge is -2.22. The van der Waals surface area contributed by atoms with Crippen molar-refractivity contribution in [1.82, 2.24) is 4.90 Å². The minimum Gasteiger partial charge on any atom is -0.457 e. The number of nitrogens with zero attached hydrogens (tertiary/aromatic N) is 1. The smallest absolute Gasteiger partial charge is 0.348 e. The van der Waals surface area contributed by atoms with Crippen LogP contribution in [0, 0.1) is 0 Å². The van der Waals surface area contributed by atoms with Crippen molar-refractivity contribution in [3.63, 3.8) is 0 Å². The van der Waals surface area contributed by atoms with Crippen LogP contribution in [0.3, 0.4) is 0 Å². The predicted octanol–water partition coefficient (Wildman–Crippen LogP) is 2.64. The molecule has 4 heteroatoms. The number of carbonyl (C=O) groups is 1. The summed E-state index contributed by atoms with van der Waals surface area (Å²) in [5.74, 6) is -0.213. The number of likely N-dealkylation sites (N-methyl/N-ethyl adjacent to an activating group) is 1. The molecule has 0 saturated carbocycles. The van der Waals surface area contributed by atoms with Gasteiger partial charge in [0.25, 0.3) is 0 Å².